The van der Waals surface area contributed by atoms with Crippen LogP contribution in [0.3, 0.4) is 0 Å². The predicted octanol–water partition coefficient (Wildman–Crippen LogP) is -0.580. The van der Waals surface area contributed by atoms with Crippen molar-refractivity contribution in [2.24, 2.45) is 0 Å². The number of phosphoric acid groups is 4. The van der Waals surface area contributed by atoms with Crippen molar-refractivity contribution in [3.05, 3.63) is 0 Å². The van der Waals surface area contributed by atoms with Gasteiger partial charge in [0.05, 0.1) is 0 Å². The zero-order chi connectivity index (χ0) is 14.1. The van der Waals surface area contributed by atoms with Crippen LogP contribution in [0.25, 0.3) is 0 Å². The van der Waals surface area contributed by atoms with Gasteiger partial charge in [-0.3, -0.25) is 0 Å². The molecule has 0 amide bonds. The molecule has 0 spiro atoms. The molecule has 18 heavy (non-hydrogen) atoms. The predicted molar refractivity (Wildman–Crippen MR) is 47.0 cm³/mol. The molecule has 0 rings (SSSR count). The standard InChI is InChI=1S/Cu.H6O13P4/c;1-14(2,3)11-16(7,8)13-17(9,10)12-15(4,5)6/h;(H,7,8)(H,9,10)(H2,1,2,3)(H2,4,5,6). The second-order valence-electron chi connectivity index (χ2n) is 2.16. The molecular formula is H6CuO13P4. The third-order valence-electron chi connectivity index (χ3n) is 0.625. The Bertz CT molecular complexity index is 408. The Morgan fingerprint density at radius 1 is 0.556 bits per heavy atom. The quantitative estimate of drug-likeness (QED) is 0.243. The molecule has 2 unspecified atom stereocenters. The molecule has 2 atom stereocenters. The Kier molecular flexibility index (Phi) is 7.94. The fourth-order valence-corrected chi connectivity index (χ4v) is 4.40. The molecule has 1 radical (unpaired) electrons. The minimum absolute atomic E-state index is 0. The number of rotatable bonds is 6. The van der Waals surface area contributed by atoms with Crippen LogP contribution in [0, 0.1) is 0 Å². The van der Waals surface area contributed by atoms with Gasteiger partial charge < -0.3 is 29.4 Å². The minimum atomic E-state index is -5.77. The van der Waals surface area contributed by atoms with E-state index in [4.69, 9.17) is 29.4 Å². The summed E-state index contributed by atoms with van der Waals surface area (Å²) in [5.41, 5.74) is 0. The number of hydrogen-bond acceptors (Lipinski definition) is 7. The summed E-state index contributed by atoms with van der Waals surface area (Å²) in [6.07, 6.45) is 0. The van der Waals surface area contributed by atoms with Crippen molar-refractivity contribution in [1.29, 1.82) is 0 Å². The molecule has 0 heterocycles. The van der Waals surface area contributed by atoms with E-state index in [1.807, 2.05) is 0 Å². The molecule has 13 nitrogen and oxygen atoms in total. The van der Waals surface area contributed by atoms with Gasteiger partial charge in [-0.25, -0.2) is 18.3 Å². The van der Waals surface area contributed by atoms with E-state index in [1.165, 1.54) is 0 Å². The smallest absolute Gasteiger partial charge is 0.302 e. The van der Waals surface area contributed by atoms with Gasteiger partial charge in [-0.15, -0.1) is 0 Å². The molecular weight excluding hydrogens is 395 g/mol. The van der Waals surface area contributed by atoms with Crippen LogP contribution in [0.5, 0.6) is 0 Å². The molecule has 6 N–H and O–H groups in total. The Labute approximate surface area is 109 Å². The van der Waals surface area contributed by atoms with Gasteiger partial charge in [0.2, 0.25) is 0 Å². The molecule has 0 saturated carbocycles. The van der Waals surface area contributed by atoms with E-state index in [-0.39, 0.29) is 17.1 Å². The van der Waals surface area contributed by atoms with Crippen LogP contribution < -0.4 is 0 Å². The van der Waals surface area contributed by atoms with E-state index in [0.29, 0.717) is 0 Å². The van der Waals surface area contributed by atoms with Crippen molar-refractivity contribution in [3.8, 4) is 0 Å². The first-order chi connectivity index (χ1) is 7.12. The second-order valence-corrected chi connectivity index (χ2v) is 7.96. The topological polar surface area (TPSA) is 217 Å². The molecule has 0 aliphatic heterocycles. The Morgan fingerprint density at radius 2 is 0.778 bits per heavy atom. The maximum absolute atomic E-state index is 10.7. The van der Waals surface area contributed by atoms with Crippen molar-refractivity contribution in [2.45, 2.75) is 0 Å². The van der Waals surface area contributed by atoms with Gasteiger partial charge in [-0.05, 0) is 0 Å². The Morgan fingerprint density at radius 3 is 0.944 bits per heavy atom. The average Bonchev–Trinajstić information content (AvgIpc) is 1.65. The Hall–Kier alpha value is 1.08. The molecule has 0 saturated heterocycles. The van der Waals surface area contributed by atoms with Crippen LogP contribution in [-0.4, -0.2) is 29.4 Å². The first kappa shape index (κ1) is 21.4. The van der Waals surface area contributed by atoms with Crippen LogP contribution >= 0.6 is 31.3 Å². The maximum Gasteiger partial charge on any atom is 0.490 e. The molecule has 0 fully saturated rings. The van der Waals surface area contributed by atoms with Gasteiger partial charge in [-0.2, -0.15) is 12.9 Å². The van der Waals surface area contributed by atoms with Crippen LogP contribution in [-0.2, 0) is 48.3 Å². The number of hydrogen-bond donors (Lipinski definition) is 6. The molecule has 18 heteroatoms. The van der Waals surface area contributed by atoms with E-state index in [2.05, 4.69) is 12.9 Å². The first-order valence-electron chi connectivity index (χ1n) is 3.03. The molecule has 0 aliphatic carbocycles. The Balaban J connectivity index is 0. The summed E-state index contributed by atoms with van der Waals surface area (Å²) in [5, 5.41) is 0. The largest absolute Gasteiger partial charge is 0.490 e. The SMILES string of the molecule is O=P(O)(O)OP(=O)(O)OP(=O)(O)OP(=O)(O)O.[Cu]. The summed E-state index contributed by atoms with van der Waals surface area (Å²) in [5.74, 6) is 0. The minimum Gasteiger partial charge on any atom is -0.302 e. The van der Waals surface area contributed by atoms with E-state index >= 15 is 0 Å². The van der Waals surface area contributed by atoms with Gasteiger partial charge in [0.25, 0.3) is 0 Å². The van der Waals surface area contributed by atoms with Crippen LogP contribution in [0.2, 0.25) is 0 Å². The van der Waals surface area contributed by atoms with Crippen LogP contribution in [0.1, 0.15) is 0 Å². The van der Waals surface area contributed by atoms with Crippen molar-refractivity contribution < 1.29 is 77.6 Å². The van der Waals surface area contributed by atoms with Gasteiger partial charge in [0, 0.05) is 17.1 Å². The molecule has 0 aromatic rings. The fourth-order valence-electron chi connectivity index (χ4n) is 0.429. The maximum atomic E-state index is 10.7. The van der Waals surface area contributed by atoms with E-state index in [0.717, 1.165) is 0 Å². The normalized spacial score (nSPS) is 19.4. The van der Waals surface area contributed by atoms with Gasteiger partial charge >= 0.3 is 31.3 Å². The summed E-state index contributed by atoms with van der Waals surface area (Å²) in [7, 11) is -22.6. The molecule has 0 aromatic heterocycles. The van der Waals surface area contributed by atoms with Crippen molar-refractivity contribution in [2.75, 3.05) is 0 Å². The van der Waals surface area contributed by atoms with E-state index in [1.54, 1.807) is 0 Å². The van der Waals surface area contributed by atoms with Crippen molar-refractivity contribution in [1.82, 2.24) is 0 Å². The molecule has 0 bridgehead atoms. The zero-order valence-electron chi connectivity index (χ0n) is 7.63. The average molecular weight is 401 g/mol. The summed E-state index contributed by atoms with van der Waals surface area (Å²) < 4.78 is 50.9. The second kappa shape index (κ2) is 6.69. The third-order valence-corrected chi connectivity index (χ3v) is 5.63. The van der Waals surface area contributed by atoms with Crippen molar-refractivity contribution >= 4 is 31.3 Å². The van der Waals surface area contributed by atoms with Gasteiger partial charge in [-0.1, -0.05) is 0 Å². The fraction of sp³-hybridized carbons (Fsp3) is 0. The first-order valence-corrected chi connectivity index (χ1v) is 9.08. The zero-order valence-corrected chi connectivity index (χ0v) is 12.2. The van der Waals surface area contributed by atoms with Gasteiger partial charge in [0.1, 0.15) is 0 Å². The third kappa shape index (κ3) is 12.1. The molecule has 0 aromatic carbocycles. The van der Waals surface area contributed by atoms with Crippen LogP contribution in [0.15, 0.2) is 0 Å². The summed E-state index contributed by atoms with van der Waals surface area (Å²) in [6, 6.07) is 0. The summed E-state index contributed by atoms with van der Waals surface area (Å²) in [4.78, 5) is 49.4. The monoisotopic (exact) mass is 401 g/mol. The summed E-state index contributed by atoms with van der Waals surface area (Å²) in [6.45, 7) is 0. The molecule has 115 valence electrons. The van der Waals surface area contributed by atoms with E-state index < -0.39 is 31.3 Å². The molecule has 0 aliphatic rings. The summed E-state index contributed by atoms with van der Waals surface area (Å²) >= 11 is 0. The van der Waals surface area contributed by atoms with Crippen LogP contribution in [0.4, 0.5) is 0 Å². The van der Waals surface area contributed by atoms with E-state index in [9.17, 15) is 18.3 Å². The van der Waals surface area contributed by atoms with Gasteiger partial charge in [0.15, 0.2) is 0 Å². The van der Waals surface area contributed by atoms with Crippen molar-refractivity contribution in [3.63, 3.8) is 0 Å².